The molecule has 0 spiro atoms. The van der Waals surface area contributed by atoms with Gasteiger partial charge in [-0.25, -0.2) is 23.7 Å². The maximum atomic E-state index is 12.6. The van der Waals surface area contributed by atoms with Crippen LogP contribution in [-0.2, 0) is 16.1 Å². The van der Waals surface area contributed by atoms with Crippen LogP contribution in [0.3, 0.4) is 0 Å². The SMILES string of the molecule is COC(=O)c1ccc(NC(=O)Cn2nc3c4cccc(C)c4ncn3c2=O)cc1. The minimum Gasteiger partial charge on any atom is -0.465 e. The van der Waals surface area contributed by atoms with Crippen LogP contribution in [0.2, 0.25) is 0 Å². The summed E-state index contributed by atoms with van der Waals surface area (Å²) in [5, 5.41) is 7.73. The van der Waals surface area contributed by atoms with Gasteiger partial charge < -0.3 is 10.1 Å². The summed E-state index contributed by atoms with van der Waals surface area (Å²) in [6.07, 6.45) is 1.42. The zero-order valence-electron chi connectivity index (χ0n) is 15.7. The molecule has 0 aliphatic rings. The summed E-state index contributed by atoms with van der Waals surface area (Å²) < 4.78 is 7.05. The van der Waals surface area contributed by atoms with Crippen molar-refractivity contribution in [2.75, 3.05) is 12.4 Å². The van der Waals surface area contributed by atoms with Gasteiger partial charge in [0.05, 0.1) is 18.2 Å². The number of aryl methyl sites for hydroxylation is 1. The van der Waals surface area contributed by atoms with Gasteiger partial charge in [0, 0.05) is 11.1 Å². The van der Waals surface area contributed by atoms with E-state index in [1.165, 1.54) is 17.8 Å². The summed E-state index contributed by atoms with van der Waals surface area (Å²) in [6, 6.07) is 11.9. The number of fused-ring (bicyclic) bond motifs is 3. The Hall–Kier alpha value is -4.01. The molecule has 0 aliphatic carbocycles. The lowest BCUT2D eigenvalue weighted by molar-refractivity contribution is -0.117. The fourth-order valence-corrected chi connectivity index (χ4v) is 3.08. The van der Waals surface area contributed by atoms with Gasteiger partial charge in [0.1, 0.15) is 12.9 Å². The zero-order valence-corrected chi connectivity index (χ0v) is 15.7. The molecule has 0 radical (unpaired) electrons. The Morgan fingerprint density at radius 2 is 1.90 bits per heavy atom. The number of anilines is 1. The van der Waals surface area contributed by atoms with Crippen molar-refractivity contribution in [1.29, 1.82) is 0 Å². The van der Waals surface area contributed by atoms with Crippen molar-refractivity contribution >= 4 is 34.1 Å². The minimum absolute atomic E-state index is 0.257. The third kappa shape index (κ3) is 3.33. The highest BCUT2D eigenvalue weighted by molar-refractivity contribution is 5.94. The lowest BCUT2D eigenvalue weighted by Gasteiger charge is -2.05. The molecule has 4 aromatic rings. The van der Waals surface area contributed by atoms with Crippen molar-refractivity contribution in [3.8, 4) is 0 Å². The highest BCUT2D eigenvalue weighted by atomic mass is 16.5. The Morgan fingerprint density at radius 1 is 1.14 bits per heavy atom. The molecule has 0 bridgehead atoms. The van der Waals surface area contributed by atoms with Gasteiger partial charge in [-0.15, -0.1) is 5.10 Å². The first-order valence-corrected chi connectivity index (χ1v) is 8.79. The molecule has 9 heteroatoms. The Labute approximate surface area is 164 Å². The number of amides is 1. The van der Waals surface area contributed by atoms with E-state index in [0.717, 1.165) is 21.1 Å². The smallest absolute Gasteiger partial charge is 0.352 e. The van der Waals surface area contributed by atoms with Crippen LogP contribution < -0.4 is 11.0 Å². The lowest BCUT2D eigenvalue weighted by Crippen LogP contribution is -2.28. The van der Waals surface area contributed by atoms with Gasteiger partial charge in [0.2, 0.25) is 5.91 Å². The molecule has 0 fully saturated rings. The van der Waals surface area contributed by atoms with Crippen LogP contribution in [0.25, 0.3) is 16.6 Å². The van der Waals surface area contributed by atoms with Crippen molar-refractivity contribution in [3.05, 3.63) is 70.4 Å². The monoisotopic (exact) mass is 391 g/mol. The van der Waals surface area contributed by atoms with E-state index in [0.29, 0.717) is 16.9 Å². The molecular weight excluding hydrogens is 374 g/mol. The van der Waals surface area contributed by atoms with Crippen LogP contribution in [0, 0.1) is 6.92 Å². The molecule has 0 atom stereocenters. The predicted molar refractivity (Wildman–Crippen MR) is 106 cm³/mol. The van der Waals surface area contributed by atoms with Gasteiger partial charge in [0.15, 0.2) is 5.65 Å². The Kier molecular flexibility index (Phi) is 4.55. The number of aromatic nitrogens is 4. The minimum atomic E-state index is -0.463. The molecule has 0 aliphatic heterocycles. The number of para-hydroxylation sites is 1. The fourth-order valence-electron chi connectivity index (χ4n) is 3.08. The molecule has 0 saturated heterocycles. The maximum absolute atomic E-state index is 12.6. The van der Waals surface area contributed by atoms with E-state index in [1.807, 2.05) is 25.1 Å². The third-order valence-corrected chi connectivity index (χ3v) is 4.53. The van der Waals surface area contributed by atoms with E-state index in [1.54, 1.807) is 24.3 Å². The summed E-state index contributed by atoms with van der Waals surface area (Å²) in [6.45, 7) is 1.67. The molecule has 2 aromatic heterocycles. The fraction of sp³-hybridized carbons (Fsp3) is 0.150. The van der Waals surface area contributed by atoms with Gasteiger partial charge in [0.25, 0.3) is 0 Å². The molecule has 4 rings (SSSR count). The summed E-state index contributed by atoms with van der Waals surface area (Å²) in [5.74, 6) is -0.884. The molecule has 1 amide bonds. The molecule has 29 heavy (non-hydrogen) atoms. The number of benzene rings is 2. The predicted octanol–water partition coefficient (Wildman–Crippen LogP) is 1.78. The van der Waals surface area contributed by atoms with Crippen molar-refractivity contribution in [2.45, 2.75) is 13.5 Å². The topological polar surface area (TPSA) is 108 Å². The van der Waals surface area contributed by atoms with Crippen LogP contribution in [0.5, 0.6) is 0 Å². The third-order valence-electron chi connectivity index (χ3n) is 4.53. The Bertz CT molecular complexity index is 1300. The number of esters is 1. The Morgan fingerprint density at radius 3 is 2.62 bits per heavy atom. The number of carbonyl (C=O) groups is 2. The number of methoxy groups -OCH3 is 1. The largest absolute Gasteiger partial charge is 0.465 e. The standard InChI is InChI=1S/C20H17N5O4/c1-12-4-3-5-15-17(12)21-11-24-18(15)23-25(20(24)28)10-16(26)22-14-8-6-13(7-9-14)19(27)29-2/h3-9,11H,10H2,1-2H3,(H,22,26). The van der Waals surface area contributed by atoms with Crippen molar-refractivity contribution in [3.63, 3.8) is 0 Å². The molecule has 2 aromatic carbocycles. The zero-order chi connectivity index (χ0) is 20.5. The van der Waals surface area contributed by atoms with Crippen LogP contribution >= 0.6 is 0 Å². The van der Waals surface area contributed by atoms with E-state index in [4.69, 9.17) is 0 Å². The van der Waals surface area contributed by atoms with E-state index in [2.05, 4.69) is 20.1 Å². The highest BCUT2D eigenvalue weighted by Crippen LogP contribution is 2.18. The van der Waals surface area contributed by atoms with Gasteiger partial charge >= 0.3 is 11.7 Å². The second-order valence-corrected chi connectivity index (χ2v) is 6.47. The first kappa shape index (κ1) is 18.4. The number of rotatable bonds is 4. The summed E-state index contributed by atoms with van der Waals surface area (Å²) in [5.41, 5.74) is 2.58. The Balaban J connectivity index is 1.59. The molecular formula is C20H17N5O4. The van der Waals surface area contributed by atoms with E-state index in [-0.39, 0.29) is 6.54 Å². The number of ether oxygens (including phenoxy) is 1. The molecule has 1 N–H and O–H groups in total. The molecule has 0 unspecified atom stereocenters. The average molecular weight is 391 g/mol. The molecule has 146 valence electrons. The quantitative estimate of drug-likeness (QED) is 0.532. The van der Waals surface area contributed by atoms with Crippen LogP contribution in [0.15, 0.2) is 53.6 Å². The highest BCUT2D eigenvalue weighted by Gasteiger charge is 2.14. The first-order valence-electron chi connectivity index (χ1n) is 8.79. The first-order chi connectivity index (χ1) is 14.0. The number of nitrogens with zero attached hydrogens (tertiary/aromatic N) is 4. The normalized spacial score (nSPS) is 11.0. The van der Waals surface area contributed by atoms with Crippen LogP contribution in [0.4, 0.5) is 5.69 Å². The molecule has 9 nitrogen and oxygen atoms in total. The number of hydrogen-bond donors (Lipinski definition) is 1. The summed E-state index contributed by atoms with van der Waals surface area (Å²) in [7, 11) is 1.30. The van der Waals surface area contributed by atoms with Gasteiger partial charge in [-0.1, -0.05) is 12.1 Å². The number of hydrogen-bond acceptors (Lipinski definition) is 6. The van der Waals surface area contributed by atoms with E-state index >= 15 is 0 Å². The summed E-state index contributed by atoms with van der Waals surface area (Å²) >= 11 is 0. The molecule has 2 heterocycles. The number of nitrogens with one attached hydrogen (secondary N) is 1. The van der Waals surface area contributed by atoms with Crippen LogP contribution in [-0.4, -0.2) is 38.2 Å². The second kappa shape index (κ2) is 7.19. The van der Waals surface area contributed by atoms with Gasteiger partial charge in [-0.3, -0.25) is 4.79 Å². The number of carbonyl (C=O) groups excluding carboxylic acids is 2. The van der Waals surface area contributed by atoms with E-state index in [9.17, 15) is 14.4 Å². The molecule has 0 saturated carbocycles. The lowest BCUT2D eigenvalue weighted by atomic mass is 10.1. The van der Waals surface area contributed by atoms with Crippen LogP contribution in [0.1, 0.15) is 15.9 Å². The second-order valence-electron chi connectivity index (χ2n) is 6.47. The van der Waals surface area contributed by atoms with Crippen molar-refractivity contribution in [1.82, 2.24) is 19.2 Å². The summed E-state index contributed by atoms with van der Waals surface area (Å²) in [4.78, 5) is 40.8. The van der Waals surface area contributed by atoms with Crippen molar-refractivity contribution in [2.24, 2.45) is 0 Å². The average Bonchev–Trinajstić information content (AvgIpc) is 3.04. The van der Waals surface area contributed by atoms with E-state index < -0.39 is 17.6 Å². The van der Waals surface area contributed by atoms with Gasteiger partial charge in [-0.2, -0.15) is 0 Å². The van der Waals surface area contributed by atoms with Gasteiger partial charge in [-0.05, 0) is 42.8 Å². The van der Waals surface area contributed by atoms with Crippen molar-refractivity contribution < 1.29 is 14.3 Å². The maximum Gasteiger partial charge on any atom is 0.352 e.